The van der Waals surface area contributed by atoms with Gasteiger partial charge >= 0.3 is 0 Å². The molecule has 3 nitrogen and oxygen atoms in total. The predicted molar refractivity (Wildman–Crippen MR) is 64.4 cm³/mol. The summed E-state index contributed by atoms with van der Waals surface area (Å²) < 4.78 is 5.43. The molecule has 1 aliphatic carbocycles. The highest BCUT2D eigenvalue weighted by Gasteiger charge is 2.29. The Morgan fingerprint density at radius 3 is 2.81 bits per heavy atom. The molecule has 0 radical (unpaired) electrons. The maximum Gasteiger partial charge on any atom is 0.0509 e. The van der Waals surface area contributed by atoms with Crippen LogP contribution in [0.3, 0.4) is 0 Å². The summed E-state index contributed by atoms with van der Waals surface area (Å²) in [5.74, 6) is 1.14. The molecule has 0 spiro atoms. The van der Waals surface area contributed by atoms with E-state index in [9.17, 15) is 5.11 Å². The molecule has 1 saturated heterocycles. The minimum atomic E-state index is 0.339. The number of aliphatic hydroxyl groups excluding tert-OH is 1. The molecule has 0 aromatic heterocycles. The van der Waals surface area contributed by atoms with Crippen LogP contribution in [0.5, 0.6) is 0 Å². The third-order valence-corrected chi connectivity index (χ3v) is 4.29. The first-order valence-electron chi connectivity index (χ1n) is 6.76. The summed E-state index contributed by atoms with van der Waals surface area (Å²) in [5.41, 5.74) is 0. The minimum Gasteiger partial charge on any atom is -0.396 e. The molecule has 94 valence electrons. The van der Waals surface area contributed by atoms with E-state index in [2.05, 4.69) is 12.2 Å². The Balaban J connectivity index is 1.81. The average Bonchev–Trinajstić information content (AvgIpc) is 2.83. The van der Waals surface area contributed by atoms with E-state index in [0.717, 1.165) is 13.2 Å². The van der Waals surface area contributed by atoms with Gasteiger partial charge in [-0.1, -0.05) is 12.8 Å². The molecule has 4 unspecified atom stereocenters. The van der Waals surface area contributed by atoms with Crippen molar-refractivity contribution < 1.29 is 9.84 Å². The van der Waals surface area contributed by atoms with E-state index in [1.165, 1.54) is 32.1 Å². The van der Waals surface area contributed by atoms with Gasteiger partial charge < -0.3 is 15.2 Å². The van der Waals surface area contributed by atoms with Crippen LogP contribution in [0, 0.1) is 11.8 Å². The molecule has 0 amide bonds. The van der Waals surface area contributed by atoms with Crippen LogP contribution in [0.25, 0.3) is 0 Å². The quantitative estimate of drug-likeness (QED) is 0.765. The summed E-state index contributed by atoms with van der Waals surface area (Å²) in [4.78, 5) is 0. The minimum absolute atomic E-state index is 0.339. The Hall–Kier alpha value is -0.120. The Morgan fingerprint density at radius 1 is 1.31 bits per heavy atom. The van der Waals surface area contributed by atoms with E-state index >= 15 is 0 Å². The zero-order valence-electron chi connectivity index (χ0n) is 10.3. The van der Waals surface area contributed by atoms with Crippen molar-refractivity contribution in [2.75, 3.05) is 19.8 Å². The van der Waals surface area contributed by atoms with Gasteiger partial charge in [0.1, 0.15) is 0 Å². The van der Waals surface area contributed by atoms with Crippen LogP contribution in [0.4, 0.5) is 0 Å². The van der Waals surface area contributed by atoms with E-state index in [4.69, 9.17) is 4.74 Å². The first-order valence-corrected chi connectivity index (χ1v) is 6.76. The Kier molecular flexibility index (Phi) is 4.62. The Bertz CT molecular complexity index is 204. The lowest BCUT2D eigenvalue weighted by atomic mass is 9.84. The van der Waals surface area contributed by atoms with Crippen molar-refractivity contribution in [2.24, 2.45) is 11.8 Å². The number of rotatable bonds is 4. The highest BCUT2D eigenvalue weighted by molar-refractivity contribution is 4.85. The van der Waals surface area contributed by atoms with Gasteiger partial charge in [0, 0.05) is 25.3 Å². The van der Waals surface area contributed by atoms with Crippen LogP contribution in [-0.4, -0.2) is 37.0 Å². The van der Waals surface area contributed by atoms with E-state index in [0.29, 0.717) is 30.5 Å². The van der Waals surface area contributed by atoms with Crippen molar-refractivity contribution >= 4 is 0 Å². The van der Waals surface area contributed by atoms with E-state index in [1.54, 1.807) is 0 Å². The first kappa shape index (κ1) is 12.3. The molecule has 2 aliphatic rings. The second-order valence-electron chi connectivity index (χ2n) is 5.41. The Morgan fingerprint density at radius 2 is 2.12 bits per heavy atom. The zero-order chi connectivity index (χ0) is 11.4. The summed E-state index contributed by atoms with van der Waals surface area (Å²) in [7, 11) is 0. The largest absolute Gasteiger partial charge is 0.396 e. The van der Waals surface area contributed by atoms with Gasteiger partial charge in [-0.25, -0.2) is 0 Å². The summed E-state index contributed by atoms with van der Waals surface area (Å²) in [6, 6.07) is 1.05. The third kappa shape index (κ3) is 2.96. The molecule has 2 fully saturated rings. The smallest absolute Gasteiger partial charge is 0.0509 e. The highest BCUT2D eigenvalue weighted by Crippen LogP contribution is 2.26. The molecular formula is C13H25NO2. The number of nitrogens with one attached hydrogen (secondary N) is 1. The monoisotopic (exact) mass is 227 g/mol. The SMILES string of the molecule is CC(NC1CCCCC1CO)C1CCOC1. The molecule has 1 heterocycles. The van der Waals surface area contributed by atoms with Gasteiger partial charge in [0.25, 0.3) is 0 Å². The second-order valence-corrected chi connectivity index (χ2v) is 5.41. The molecule has 2 N–H and O–H groups in total. The van der Waals surface area contributed by atoms with Crippen LogP contribution in [0.2, 0.25) is 0 Å². The molecule has 4 atom stereocenters. The molecule has 0 aromatic rings. The number of hydrogen-bond acceptors (Lipinski definition) is 3. The van der Waals surface area contributed by atoms with Crippen LogP contribution < -0.4 is 5.32 Å². The standard InChI is InChI=1S/C13H25NO2/c1-10(12-6-7-16-9-12)14-13-5-3-2-4-11(13)8-15/h10-15H,2-9H2,1H3. The van der Waals surface area contributed by atoms with Crippen molar-refractivity contribution in [3.63, 3.8) is 0 Å². The lowest BCUT2D eigenvalue weighted by Crippen LogP contribution is -2.47. The van der Waals surface area contributed by atoms with Gasteiger partial charge in [-0.15, -0.1) is 0 Å². The topological polar surface area (TPSA) is 41.5 Å². The van der Waals surface area contributed by atoms with Crippen LogP contribution in [0.15, 0.2) is 0 Å². The van der Waals surface area contributed by atoms with E-state index < -0.39 is 0 Å². The maximum atomic E-state index is 9.37. The van der Waals surface area contributed by atoms with Gasteiger partial charge in [-0.2, -0.15) is 0 Å². The van der Waals surface area contributed by atoms with Crippen molar-refractivity contribution in [3.8, 4) is 0 Å². The van der Waals surface area contributed by atoms with Gasteiger partial charge in [-0.05, 0) is 38.0 Å². The molecule has 1 aliphatic heterocycles. The molecule has 2 rings (SSSR count). The van der Waals surface area contributed by atoms with Crippen LogP contribution in [0.1, 0.15) is 39.0 Å². The van der Waals surface area contributed by atoms with Gasteiger partial charge in [0.15, 0.2) is 0 Å². The lowest BCUT2D eigenvalue weighted by Gasteiger charge is -2.34. The summed E-state index contributed by atoms with van der Waals surface area (Å²) >= 11 is 0. The van der Waals surface area contributed by atoms with Crippen LogP contribution in [-0.2, 0) is 4.74 Å². The molecule has 3 heteroatoms. The fourth-order valence-corrected chi connectivity index (χ4v) is 3.07. The third-order valence-electron chi connectivity index (χ3n) is 4.29. The normalized spacial score (nSPS) is 37.5. The molecule has 0 aromatic carbocycles. The van der Waals surface area contributed by atoms with Gasteiger partial charge in [0.2, 0.25) is 0 Å². The fraction of sp³-hybridized carbons (Fsp3) is 1.00. The molecule has 16 heavy (non-hydrogen) atoms. The van der Waals surface area contributed by atoms with Crippen molar-refractivity contribution in [1.29, 1.82) is 0 Å². The van der Waals surface area contributed by atoms with Gasteiger partial charge in [0.05, 0.1) is 6.61 Å². The molecular weight excluding hydrogens is 202 g/mol. The number of aliphatic hydroxyl groups is 1. The summed E-state index contributed by atoms with van der Waals surface area (Å²) in [5, 5.41) is 13.1. The number of ether oxygens (including phenoxy) is 1. The zero-order valence-corrected chi connectivity index (χ0v) is 10.3. The van der Waals surface area contributed by atoms with Crippen molar-refractivity contribution in [2.45, 2.75) is 51.1 Å². The molecule has 1 saturated carbocycles. The molecule has 0 bridgehead atoms. The Labute approximate surface area is 98.6 Å². The highest BCUT2D eigenvalue weighted by atomic mass is 16.5. The maximum absolute atomic E-state index is 9.37. The first-order chi connectivity index (χ1) is 7.81. The average molecular weight is 227 g/mol. The second kappa shape index (κ2) is 5.99. The number of hydrogen-bond donors (Lipinski definition) is 2. The van der Waals surface area contributed by atoms with Crippen LogP contribution >= 0.6 is 0 Å². The summed E-state index contributed by atoms with van der Waals surface area (Å²) in [6.45, 7) is 4.43. The van der Waals surface area contributed by atoms with Crippen molar-refractivity contribution in [1.82, 2.24) is 5.32 Å². The van der Waals surface area contributed by atoms with E-state index in [1.807, 2.05) is 0 Å². The lowest BCUT2D eigenvalue weighted by molar-refractivity contribution is 0.134. The predicted octanol–water partition coefficient (Wildman–Crippen LogP) is 1.55. The fourth-order valence-electron chi connectivity index (χ4n) is 3.07. The van der Waals surface area contributed by atoms with Crippen molar-refractivity contribution in [3.05, 3.63) is 0 Å². The van der Waals surface area contributed by atoms with Gasteiger partial charge in [-0.3, -0.25) is 0 Å². The summed E-state index contributed by atoms with van der Waals surface area (Å²) in [6.07, 6.45) is 6.18. The van der Waals surface area contributed by atoms with E-state index in [-0.39, 0.29) is 0 Å².